The van der Waals surface area contributed by atoms with Crippen LogP contribution in [0.1, 0.15) is 95.8 Å². The number of nitrogens with zero attached hydrogens (tertiary/aromatic N) is 4. The van der Waals surface area contributed by atoms with E-state index in [0.29, 0.717) is 0 Å². The van der Waals surface area contributed by atoms with Crippen LogP contribution in [0.25, 0.3) is 0 Å². The van der Waals surface area contributed by atoms with Crippen molar-refractivity contribution in [3.05, 3.63) is 395 Å². The Labute approximate surface area is 602 Å². The minimum atomic E-state index is -0.426. The zero-order valence-electron chi connectivity index (χ0n) is 58.7. The summed E-state index contributed by atoms with van der Waals surface area (Å²) in [6.45, 7) is 12.0. The van der Waals surface area contributed by atoms with Gasteiger partial charge >= 0.3 is 0 Å². The van der Waals surface area contributed by atoms with Crippen LogP contribution in [0, 0.1) is 0 Å². The largest absolute Gasteiger partial charge is 0.311 e. The van der Waals surface area contributed by atoms with Crippen molar-refractivity contribution in [3.63, 3.8) is 0 Å². The van der Waals surface area contributed by atoms with Crippen LogP contribution in [0.5, 0.6) is 0 Å². The standard InChI is InChI=1S/C96H80B2N4/c1-95(2,3)75-61-89-93-90(62-75)102(80-44-28-13-29-45-80)88-60-73(55-69-36-20-9-21-37-69)74(59-84(88)97(93)81-49-46-72(54-68-34-18-8-19-35-68)58-87(81)101(89)79-42-26-12-27-43-79)65-96(4,5)76-63-91-94-92(64-76)100(78-40-24-11-25-41-78)86-51-48-71(53-67-32-16-7-17-33-67)57-83(86)98(94)82-56-70(52-66-30-14-6-15-31-66)47-50-85(82)99(91)77-38-22-10-23-39-77/h6-51,56-64H,52-55,65H2,1-5H3. The average molecular weight is 1310 g/mol. The molecule has 102 heavy (non-hydrogen) atoms. The lowest BCUT2D eigenvalue weighted by atomic mass is 9.33. The molecule has 0 aliphatic carbocycles. The molecule has 0 atom stereocenters. The molecular formula is C96H80B2N4. The summed E-state index contributed by atoms with van der Waals surface area (Å²) in [7, 11) is 0. The van der Waals surface area contributed by atoms with Gasteiger partial charge in [0.25, 0.3) is 13.4 Å². The summed E-state index contributed by atoms with van der Waals surface area (Å²) < 4.78 is 0. The maximum atomic E-state index is 2.68. The van der Waals surface area contributed by atoms with E-state index in [2.05, 4.69) is 388 Å². The summed E-state index contributed by atoms with van der Waals surface area (Å²) in [6.07, 6.45) is 4.08. The fourth-order valence-electron chi connectivity index (χ4n) is 17.1. The van der Waals surface area contributed by atoms with E-state index in [9.17, 15) is 0 Å². The molecule has 0 saturated heterocycles. The van der Waals surface area contributed by atoms with Gasteiger partial charge in [0.2, 0.25) is 0 Å². The van der Waals surface area contributed by atoms with Crippen molar-refractivity contribution in [2.45, 2.75) is 77.6 Å². The first-order valence-corrected chi connectivity index (χ1v) is 36.4. The van der Waals surface area contributed by atoms with Gasteiger partial charge in [-0.1, -0.05) is 271 Å². The van der Waals surface area contributed by atoms with E-state index < -0.39 is 5.41 Å². The van der Waals surface area contributed by atoms with E-state index >= 15 is 0 Å². The molecule has 0 unspecified atom stereocenters. The zero-order chi connectivity index (χ0) is 68.6. The summed E-state index contributed by atoms with van der Waals surface area (Å²) >= 11 is 0. The van der Waals surface area contributed by atoms with Gasteiger partial charge < -0.3 is 19.6 Å². The van der Waals surface area contributed by atoms with Crippen LogP contribution in [0.2, 0.25) is 0 Å². The van der Waals surface area contributed by atoms with Gasteiger partial charge in [-0.3, -0.25) is 0 Å². The SMILES string of the molecule is CC(C)(C)c1cc2c3c(c1)N(c1ccccc1)c1cc(Cc4ccccc4)c(CC(C)(C)c4cc5c6c(c4)N(c4ccccc4)c4ccc(Cc7ccccc7)cc4B6c4cc(Cc6ccccc6)ccc4N5c4ccccc4)cc1B3c1ccc(Cc3ccccc3)cc1N2c1ccccc1. The van der Waals surface area contributed by atoms with Gasteiger partial charge in [0, 0.05) is 68.2 Å². The van der Waals surface area contributed by atoms with Gasteiger partial charge in [0.1, 0.15) is 0 Å². The van der Waals surface area contributed by atoms with Gasteiger partial charge in [-0.05, 0) is 234 Å². The van der Waals surface area contributed by atoms with Crippen molar-refractivity contribution in [1.82, 2.24) is 0 Å². The molecular weight excluding hydrogens is 1230 g/mol. The zero-order valence-corrected chi connectivity index (χ0v) is 58.7. The molecule has 4 heterocycles. The van der Waals surface area contributed by atoms with E-state index in [1.54, 1.807) is 0 Å². The first kappa shape index (κ1) is 62.6. The summed E-state index contributed by atoms with van der Waals surface area (Å²) in [6, 6.07) is 126. The lowest BCUT2D eigenvalue weighted by Crippen LogP contribution is -2.61. The van der Waals surface area contributed by atoms with Crippen molar-refractivity contribution >= 4 is 114 Å². The van der Waals surface area contributed by atoms with Gasteiger partial charge in [-0.15, -0.1) is 0 Å². The fourth-order valence-corrected chi connectivity index (χ4v) is 17.1. The lowest BCUT2D eigenvalue weighted by molar-refractivity contribution is 0.521. The molecule has 0 saturated carbocycles. The molecule has 4 aliphatic heterocycles. The van der Waals surface area contributed by atoms with E-state index in [-0.39, 0.29) is 18.8 Å². The minimum Gasteiger partial charge on any atom is -0.311 e. The van der Waals surface area contributed by atoms with Crippen molar-refractivity contribution in [1.29, 1.82) is 0 Å². The van der Waals surface area contributed by atoms with Crippen LogP contribution in [0.4, 0.5) is 68.2 Å². The van der Waals surface area contributed by atoms with Crippen molar-refractivity contribution in [2.75, 3.05) is 19.6 Å². The highest BCUT2D eigenvalue weighted by atomic mass is 15.2. The molecule has 14 aromatic rings. The topological polar surface area (TPSA) is 13.0 Å². The Morgan fingerprint density at radius 3 is 0.941 bits per heavy atom. The van der Waals surface area contributed by atoms with E-state index in [1.807, 2.05) is 0 Å². The van der Waals surface area contributed by atoms with Crippen LogP contribution in [-0.4, -0.2) is 13.4 Å². The van der Waals surface area contributed by atoms with Crippen LogP contribution in [0.15, 0.2) is 334 Å². The number of rotatable bonds is 15. The third-order valence-corrected chi connectivity index (χ3v) is 22.0. The normalized spacial score (nSPS) is 13.2. The molecule has 4 nitrogen and oxygen atoms in total. The van der Waals surface area contributed by atoms with Gasteiger partial charge in [-0.2, -0.15) is 0 Å². The number of para-hydroxylation sites is 4. The van der Waals surface area contributed by atoms with Gasteiger partial charge in [-0.25, -0.2) is 0 Å². The smallest absolute Gasteiger partial charge is 0.252 e. The number of hydrogen-bond acceptors (Lipinski definition) is 4. The Kier molecular flexibility index (Phi) is 15.7. The highest BCUT2D eigenvalue weighted by Gasteiger charge is 2.47. The van der Waals surface area contributed by atoms with Crippen LogP contribution >= 0.6 is 0 Å². The highest BCUT2D eigenvalue weighted by Crippen LogP contribution is 2.50. The summed E-state index contributed by atoms with van der Waals surface area (Å²) in [5.74, 6) is 0. The van der Waals surface area contributed by atoms with Crippen molar-refractivity contribution < 1.29 is 0 Å². The second kappa shape index (κ2) is 25.5. The first-order chi connectivity index (χ1) is 49.9. The van der Waals surface area contributed by atoms with E-state index in [0.717, 1.165) is 54.9 Å². The summed E-state index contributed by atoms with van der Waals surface area (Å²) in [5.41, 5.74) is 36.1. The molecule has 490 valence electrons. The molecule has 0 spiro atoms. The number of anilines is 12. The number of fused-ring (bicyclic) bond motifs is 8. The molecule has 6 heteroatoms. The molecule has 0 aromatic heterocycles. The van der Waals surface area contributed by atoms with Gasteiger partial charge in [0.15, 0.2) is 0 Å². The number of benzene rings is 14. The Balaban J connectivity index is 0.866. The van der Waals surface area contributed by atoms with Crippen molar-refractivity contribution in [2.24, 2.45) is 0 Å². The quantitative estimate of drug-likeness (QED) is 0.0949. The Morgan fingerprint density at radius 1 is 0.235 bits per heavy atom. The van der Waals surface area contributed by atoms with E-state index in [1.165, 1.54) is 139 Å². The van der Waals surface area contributed by atoms with Crippen molar-refractivity contribution in [3.8, 4) is 0 Å². The third-order valence-electron chi connectivity index (χ3n) is 22.0. The van der Waals surface area contributed by atoms with Crippen LogP contribution in [-0.2, 0) is 42.9 Å². The molecule has 0 amide bonds. The third kappa shape index (κ3) is 11.3. The maximum absolute atomic E-state index is 2.68. The van der Waals surface area contributed by atoms with Gasteiger partial charge in [0.05, 0.1) is 0 Å². The predicted molar refractivity (Wildman–Crippen MR) is 433 cm³/mol. The fraction of sp³-hybridized carbons (Fsp3) is 0.125. The molecule has 18 rings (SSSR count). The predicted octanol–water partition coefficient (Wildman–Crippen LogP) is 20.0. The molecule has 0 radical (unpaired) electrons. The Morgan fingerprint density at radius 2 is 0.549 bits per heavy atom. The second-order valence-electron chi connectivity index (χ2n) is 30.2. The summed E-state index contributed by atoms with van der Waals surface area (Å²) in [4.78, 5) is 10.4. The average Bonchev–Trinajstić information content (AvgIpc) is 0.700. The molecule has 0 bridgehead atoms. The molecule has 4 aliphatic rings. The molecule has 0 fully saturated rings. The summed E-state index contributed by atoms with van der Waals surface area (Å²) in [5, 5.41) is 0. The Hall–Kier alpha value is -11.6. The monoisotopic (exact) mass is 1310 g/mol. The Bertz CT molecular complexity index is 5280. The maximum Gasteiger partial charge on any atom is 0.252 e. The molecule has 0 N–H and O–H groups in total. The highest BCUT2D eigenvalue weighted by molar-refractivity contribution is 7.01. The minimum absolute atomic E-state index is 0.0629. The van der Waals surface area contributed by atoms with Crippen LogP contribution < -0.4 is 52.4 Å². The second-order valence-corrected chi connectivity index (χ2v) is 30.2. The first-order valence-electron chi connectivity index (χ1n) is 36.4. The van der Waals surface area contributed by atoms with E-state index in [4.69, 9.17) is 0 Å². The lowest BCUT2D eigenvalue weighted by Gasteiger charge is -2.46. The van der Waals surface area contributed by atoms with Crippen LogP contribution in [0.3, 0.4) is 0 Å². The molecule has 14 aromatic carbocycles. The number of hydrogen-bond donors (Lipinski definition) is 0.